The average molecular weight is 162 g/mol. The summed E-state index contributed by atoms with van der Waals surface area (Å²) in [5.74, 6) is 0. The van der Waals surface area contributed by atoms with Gasteiger partial charge in [0, 0.05) is 0 Å². The molecule has 0 aliphatic carbocycles. The zero-order valence-electron chi connectivity index (χ0n) is 6.64. The second-order valence-electron chi connectivity index (χ2n) is 3.02. The fourth-order valence-electron chi connectivity index (χ4n) is 1.26. The molecule has 0 aromatic carbocycles. The molecule has 66 valence electrons. The highest BCUT2D eigenvalue weighted by Crippen LogP contribution is 2.19. The average Bonchev–Trinajstić information content (AvgIpc) is 1.97. The van der Waals surface area contributed by atoms with Crippen LogP contribution in [0.3, 0.4) is 0 Å². The largest absolute Gasteiger partial charge is 0.388 e. The summed E-state index contributed by atoms with van der Waals surface area (Å²) in [5, 5.41) is 27.6. The number of aliphatic hydroxyl groups is 3. The van der Waals surface area contributed by atoms with Crippen LogP contribution in [0.2, 0.25) is 0 Å². The maximum Gasteiger partial charge on any atom is 0.111 e. The standard InChI is InChI=1S/C7H14O4/c1-3-5(8)7(10)6(9)4(2)11-3/h3-10H,1-2H3/t3?,4?,5-,6?,7+/m0/s1. The topological polar surface area (TPSA) is 69.9 Å². The number of aliphatic hydroxyl groups excluding tert-OH is 3. The molecule has 3 N–H and O–H groups in total. The van der Waals surface area contributed by atoms with Gasteiger partial charge in [-0.05, 0) is 13.8 Å². The van der Waals surface area contributed by atoms with Gasteiger partial charge in [-0.1, -0.05) is 0 Å². The van der Waals surface area contributed by atoms with Crippen molar-refractivity contribution >= 4 is 0 Å². The molecule has 1 aliphatic rings. The van der Waals surface area contributed by atoms with Crippen molar-refractivity contribution in [2.45, 2.75) is 44.4 Å². The van der Waals surface area contributed by atoms with Crippen LogP contribution >= 0.6 is 0 Å². The predicted molar refractivity (Wildman–Crippen MR) is 38.0 cm³/mol. The Balaban J connectivity index is 2.63. The summed E-state index contributed by atoms with van der Waals surface area (Å²) in [4.78, 5) is 0. The highest BCUT2D eigenvalue weighted by Gasteiger charge is 2.39. The van der Waals surface area contributed by atoms with Crippen molar-refractivity contribution in [2.75, 3.05) is 0 Å². The minimum atomic E-state index is -1.09. The quantitative estimate of drug-likeness (QED) is 0.422. The Hall–Kier alpha value is -0.160. The molecular weight excluding hydrogens is 148 g/mol. The first-order valence-corrected chi connectivity index (χ1v) is 3.73. The first-order chi connectivity index (χ1) is 5.04. The normalized spacial score (nSPS) is 52.6. The molecule has 0 aromatic rings. The molecule has 1 fully saturated rings. The van der Waals surface area contributed by atoms with E-state index in [1.54, 1.807) is 13.8 Å². The smallest absolute Gasteiger partial charge is 0.111 e. The van der Waals surface area contributed by atoms with Gasteiger partial charge in [0.2, 0.25) is 0 Å². The lowest BCUT2D eigenvalue weighted by atomic mass is 9.97. The molecule has 0 bridgehead atoms. The molecule has 1 saturated heterocycles. The molecule has 3 unspecified atom stereocenters. The zero-order chi connectivity index (χ0) is 8.59. The van der Waals surface area contributed by atoms with E-state index in [1.165, 1.54) is 0 Å². The van der Waals surface area contributed by atoms with Crippen molar-refractivity contribution in [1.29, 1.82) is 0 Å². The summed E-state index contributed by atoms with van der Waals surface area (Å²) in [6.07, 6.45) is -3.89. The molecule has 1 rings (SSSR count). The van der Waals surface area contributed by atoms with Gasteiger partial charge in [-0.2, -0.15) is 0 Å². The van der Waals surface area contributed by atoms with Gasteiger partial charge in [0.05, 0.1) is 12.2 Å². The van der Waals surface area contributed by atoms with Crippen LogP contribution in [-0.2, 0) is 4.74 Å². The van der Waals surface area contributed by atoms with Crippen molar-refractivity contribution in [3.63, 3.8) is 0 Å². The van der Waals surface area contributed by atoms with Gasteiger partial charge < -0.3 is 20.1 Å². The Bertz CT molecular complexity index is 124. The zero-order valence-corrected chi connectivity index (χ0v) is 6.64. The lowest BCUT2D eigenvalue weighted by Gasteiger charge is -2.37. The van der Waals surface area contributed by atoms with E-state index in [0.29, 0.717) is 0 Å². The second-order valence-corrected chi connectivity index (χ2v) is 3.02. The Kier molecular flexibility index (Phi) is 2.49. The Morgan fingerprint density at radius 1 is 0.818 bits per heavy atom. The number of rotatable bonds is 0. The van der Waals surface area contributed by atoms with Gasteiger partial charge >= 0.3 is 0 Å². The van der Waals surface area contributed by atoms with Crippen molar-refractivity contribution in [1.82, 2.24) is 0 Å². The minimum absolute atomic E-state index is 0.414. The maximum atomic E-state index is 9.21. The molecule has 1 aliphatic heterocycles. The molecule has 5 atom stereocenters. The van der Waals surface area contributed by atoms with Crippen LogP contribution in [0.15, 0.2) is 0 Å². The highest BCUT2D eigenvalue weighted by atomic mass is 16.5. The van der Waals surface area contributed by atoms with Crippen LogP contribution in [0.5, 0.6) is 0 Å². The molecule has 1 heterocycles. The molecule has 11 heavy (non-hydrogen) atoms. The van der Waals surface area contributed by atoms with E-state index >= 15 is 0 Å². The van der Waals surface area contributed by atoms with E-state index in [1.807, 2.05) is 0 Å². The monoisotopic (exact) mass is 162 g/mol. The third-order valence-electron chi connectivity index (χ3n) is 2.09. The molecule has 0 amide bonds. The van der Waals surface area contributed by atoms with Crippen LogP contribution in [0.4, 0.5) is 0 Å². The van der Waals surface area contributed by atoms with Gasteiger partial charge in [-0.25, -0.2) is 0 Å². The van der Waals surface area contributed by atoms with E-state index in [0.717, 1.165) is 0 Å². The van der Waals surface area contributed by atoms with Crippen LogP contribution in [0, 0.1) is 0 Å². The van der Waals surface area contributed by atoms with Crippen molar-refractivity contribution < 1.29 is 20.1 Å². The first kappa shape index (κ1) is 8.93. The van der Waals surface area contributed by atoms with E-state index in [-0.39, 0.29) is 0 Å². The van der Waals surface area contributed by atoms with Crippen LogP contribution in [0.25, 0.3) is 0 Å². The van der Waals surface area contributed by atoms with Gasteiger partial charge in [-0.3, -0.25) is 0 Å². The summed E-state index contributed by atoms with van der Waals surface area (Å²) in [6.45, 7) is 3.33. The van der Waals surface area contributed by atoms with Crippen molar-refractivity contribution in [2.24, 2.45) is 0 Å². The first-order valence-electron chi connectivity index (χ1n) is 3.73. The molecule has 0 saturated carbocycles. The minimum Gasteiger partial charge on any atom is -0.388 e. The summed E-state index contributed by atoms with van der Waals surface area (Å²) in [6, 6.07) is 0. The second kappa shape index (κ2) is 3.06. The van der Waals surface area contributed by atoms with Gasteiger partial charge in [0.25, 0.3) is 0 Å². The molecule has 0 spiro atoms. The summed E-state index contributed by atoms with van der Waals surface area (Å²) in [5.41, 5.74) is 0. The molecule has 0 radical (unpaired) electrons. The van der Waals surface area contributed by atoms with Crippen LogP contribution in [-0.4, -0.2) is 45.8 Å². The summed E-state index contributed by atoms with van der Waals surface area (Å²) in [7, 11) is 0. The van der Waals surface area contributed by atoms with E-state index < -0.39 is 30.5 Å². The molecule has 4 heteroatoms. The van der Waals surface area contributed by atoms with Crippen molar-refractivity contribution in [3.05, 3.63) is 0 Å². The Labute approximate surface area is 65.4 Å². The molecule has 0 aromatic heterocycles. The highest BCUT2D eigenvalue weighted by molar-refractivity contribution is 4.88. The van der Waals surface area contributed by atoms with Gasteiger partial charge in [0.15, 0.2) is 0 Å². The van der Waals surface area contributed by atoms with E-state index in [4.69, 9.17) is 4.74 Å². The number of hydrogen-bond acceptors (Lipinski definition) is 4. The fourth-order valence-corrected chi connectivity index (χ4v) is 1.26. The predicted octanol–water partition coefficient (Wildman–Crippen LogP) is -1.12. The fraction of sp³-hybridized carbons (Fsp3) is 1.00. The third-order valence-corrected chi connectivity index (χ3v) is 2.09. The van der Waals surface area contributed by atoms with Crippen molar-refractivity contribution in [3.8, 4) is 0 Å². The van der Waals surface area contributed by atoms with Gasteiger partial charge in [-0.15, -0.1) is 0 Å². The Morgan fingerprint density at radius 2 is 1.18 bits per heavy atom. The SMILES string of the molecule is CC1OC(C)[C@H](O)[C@@H](O)C1O. The lowest BCUT2D eigenvalue weighted by Crippen LogP contribution is -2.55. The van der Waals surface area contributed by atoms with E-state index in [2.05, 4.69) is 0 Å². The number of ether oxygens (including phenoxy) is 1. The van der Waals surface area contributed by atoms with Crippen LogP contribution < -0.4 is 0 Å². The lowest BCUT2D eigenvalue weighted by molar-refractivity contribution is -0.211. The van der Waals surface area contributed by atoms with Crippen LogP contribution in [0.1, 0.15) is 13.8 Å². The third kappa shape index (κ3) is 1.54. The van der Waals surface area contributed by atoms with Gasteiger partial charge in [0.1, 0.15) is 18.3 Å². The summed E-state index contributed by atoms with van der Waals surface area (Å²) < 4.78 is 5.12. The molecule has 4 nitrogen and oxygen atoms in total. The van der Waals surface area contributed by atoms with E-state index in [9.17, 15) is 15.3 Å². The number of hydrogen-bond donors (Lipinski definition) is 3. The maximum absolute atomic E-state index is 9.21. The summed E-state index contributed by atoms with van der Waals surface area (Å²) >= 11 is 0. The molecular formula is C7H14O4. The Morgan fingerprint density at radius 3 is 1.55 bits per heavy atom.